The molecule has 0 atom stereocenters. The number of benzene rings is 3. The molecule has 0 saturated carbocycles. The highest BCUT2D eigenvalue weighted by Crippen LogP contribution is 2.21. The zero-order valence-electron chi connectivity index (χ0n) is 15.9. The second-order valence-electron chi connectivity index (χ2n) is 6.59. The number of para-hydroxylation sites is 1. The van der Waals surface area contributed by atoms with Crippen LogP contribution in [0.15, 0.2) is 84.0 Å². The van der Waals surface area contributed by atoms with Crippen molar-refractivity contribution in [2.75, 3.05) is 5.32 Å². The Kier molecular flexibility index (Phi) is 6.76. The van der Waals surface area contributed by atoms with Gasteiger partial charge in [0.2, 0.25) is 0 Å². The van der Waals surface area contributed by atoms with E-state index in [-0.39, 0.29) is 0 Å². The van der Waals surface area contributed by atoms with Crippen LogP contribution in [0.3, 0.4) is 0 Å². The van der Waals surface area contributed by atoms with Crippen molar-refractivity contribution in [2.24, 2.45) is 5.10 Å². The summed E-state index contributed by atoms with van der Waals surface area (Å²) in [6.45, 7) is 4.34. The Balaban J connectivity index is 1.54. The lowest BCUT2D eigenvalue weighted by Crippen LogP contribution is -2.23. The maximum absolute atomic E-state index is 5.83. The molecular formula is C23H23N3OS. The third-order valence-electron chi connectivity index (χ3n) is 4.05. The molecular weight excluding hydrogens is 366 g/mol. The monoisotopic (exact) mass is 389 g/mol. The molecule has 0 aromatic heterocycles. The maximum atomic E-state index is 5.83. The van der Waals surface area contributed by atoms with E-state index in [1.54, 1.807) is 6.21 Å². The number of hydrogen-bond acceptors (Lipinski definition) is 3. The number of hydrazone groups is 1. The van der Waals surface area contributed by atoms with Gasteiger partial charge >= 0.3 is 0 Å². The van der Waals surface area contributed by atoms with Crippen molar-refractivity contribution >= 4 is 29.2 Å². The van der Waals surface area contributed by atoms with Crippen molar-refractivity contribution in [3.05, 3.63) is 90.0 Å². The Morgan fingerprint density at radius 2 is 1.64 bits per heavy atom. The van der Waals surface area contributed by atoms with E-state index in [0.717, 1.165) is 22.7 Å². The van der Waals surface area contributed by atoms with Crippen molar-refractivity contribution in [1.82, 2.24) is 5.43 Å². The first-order valence-corrected chi connectivity index (χ1v) is 9.54. The maximum Gasteiger partial charge on any atom is 0.191 e. The molecule has 0 unspecified atom stereocenters. The fraction of sp³-hybridized carbons (Fsp3) is 0.130. The van der Waals surface area contributed by atoms with Crippen LogP contribution in [0.25, 0.3) is 0 Å². The standard InChI is InChI=1S/C23H23N3OS/c1-17(2)19-11-13-20(14-12-19)25-23(28)26-24-16-18-7-6-10-22(15-18)27-21-8-4-3-5-9-21/h3-17H,1-2H3,(H2,25,26,28)/b24-16+. The molecule has 3 rings (SSSR count). The highest BCUT2D eigenvalue weighted by molar-refractivity contribution is 7.80. The molecule has 0 aliphatic rings. The Labute approximate surface area is 171 Å². The van der Waals surface area contributed by atoms with E-state index in [1.807, 2.05) is 66.7 Å². The van der Waals surface area contributed by atoms with Crippen LogP contribution in [0.2, 0.25) is 0 Å². The van der Waals surface area contributed by atoms with Gasteiger partial charge in [0.1, 0.15) is 11.5 Å². The Hall–Kier alpha value is -3.18. The molecule has 0 aliphatic carbocycles. The molecule has 0 spiro atoms. The number of thiocarbonyl (C=S) groups is 1. The van der Waals surface area contributed by atoms with Crippen LogP contribution in [0, 0.1) is 0 Å². The summed E-state index contributed by atoms with van der Waals surface area (Å²) < 4.78 is 5.83. The highest BCUT2D eigenvalue weighted by atomic mass is 32.1. The zero-order valence-corrected chi connectivity index (χ0v) is 16.7. The Morgan fingerprint density at radius 1 is 0.929 bits per heavy atom. The lowest BCUT2D eigenvalue weighted by molar-refractivity contribution is 0.482. The molecule has 0 aliphatic heterocycles. The molecule has 0 bridgehead atoms. The SMILES string of the molecule is CC(C)c1ccc(NC(=S)N/N=C/c2cccc(Oc3ccccc3)c2)cc1. The first-order chi connectivity index (χ1) is 13.6. The molecule has 142 valence electrons. The van der Waals surface area contributed by atoms with Crippen LogP contribution in [-0.4, -0.2) is 11.3 Å². The topological polar surface area (TPSA) is 45.7 Å². The third kappa shape index (κ3) is 5.93. The van der Waals surface area contributed by atoms with Crippen molar-refractivity contribution in [3.63, 3.8) is 0 Å². The molecule has 0 radical (unpaired) electrons. The third-order valence-corrected chi connectivity index (χ3v) is 4.25. The zero-order chi connectivity index (χ0) is 19.8. The van der Waals surface area contributed by atoms with Crippen LogP contribution in [0.5, 0.6) is 11.5 Å². The summed E-state index contributed by atoms with van der Waals surface area (Å²) in [5, 5.41) is 7.75. The summed E-state index contributed by atoms with van der Waals surface area (Å²) in [6.07, 6.45) is 1.70. The van der Waals surface area contributed by atoms with E-state index in [0.29, 0.717) is 11.0 Å². The summed E-state index contributed by atoms with van der Waals surface area (Å²) in [5.74, 6) is 2.05. The van der Waals surface area contributed by atoms with E-state index >= 15 is 0 Å². The van der Waals surface area contributed by atoms with Crippen LogP contribution >= 0.6 is 12.2 Å². The summed E-state index contributed by atoms with van der Waals surface area (Å²) >= 11 is 5.29. The average molecular weight is 390 g/mol. The molecule has 0 saturated heterocycles. The smallest absolute Gasteiger partial charge is 0.191 e. The van der Waals surface area contributed by atoms with Crippen molar-refractivity contribution < 1.29 is 4.74 Å². The number of nitrogens with zero attached hydrogens (tertiary/aromatic N) is 1. The van der Waals surface area contributed by atoms with Gasteiger partial charge < -0.3 is 10.1 Å². The minimum Gasteiger partial charge on any atom is -0.457 e. The molecule has 28 heavy (non-hydrogen) atoms. The number of rotatable bonds is 6. The van der Waals surface area contributed by atoms with Crippen LogP contribution in [0.4, 0.5) is 5.69 Å². The van der Waals surface area contributed by atoms with Gasteiger partial charge in [0.05, 0.1) is 6.21 Å². The van der Waals surface area contributed by atoms with Crippen LogP contribution in [0.1, 0.15) is 30.9 Å². The van der Waals surface area contributed by atoms with Crippen molar-refractivity contribution in [2.45, 2.75) is 19.8 Å². The second kappa shape index (κ2) is 9.67. The van der Waals surface area contributed by atoms with E-state index < -0.39 is 0 Å². The van der Waals surface area contributed by atoms with Crippen molar-refractivity contribution in [1.29, 1.82) is 0 Å². The van der Waals surface area contributed by atoms with Gasteiger partial charge in [-0.3, -0.25) is 5.43 Å². The lowest BCUT2D eigenvalue weighted by Gasteiger charge is -2.09. The lowest BCUT2D eigenvalue weighted by atomic mass is 10.0. The predicted molar refractivity (Wildman–Crippen MR) is 120 cm³/mol. The van der Waals surface area contributed by atoms with E-state index in [2.05, 4.69) is 41.8 Å². The first-order valence-electron chi connectivity index (χ1n) is 9.13. The van der Waals surface area contributed by atoms with Gasteiger partial charge in [-0.1, -0.05) is 56.3 Å². The van der Waals surface area contributed by atoms with Gasteiger partial charge in [-0.05, 0) is 65.7 Å². The van der Waals surface area contributed by atoms with Crippen LogP contribution < -0.4 is 15.5 Å². The first kappa shape index (κ1) is 19.6. The molecule has 2 N–H and O–H groups in total. The highest BCUT2D eigenvalue weighted by Gasteiger charge is 2.01. The summed E-state index contributed by atoms with van der Waals surface area (Å²) in [4.78, 5) is 0. The molecule has 3 aromatic carbocycles. The van der Waals surface area contributed by atoms with Gasteiger partial charge in [-0.2, -0.15) is 5.10 Å². The van der Waals surface area contributed by atoms with Crippen molar-refractivity contribution in [3.8, 4) is 11.5 Å². The quantitative estimate of drug-likeness (QED) is 0.312. The van der Waals surface area contributed by atoms with E-state index in [1.165, 1.54) is 5.56 Å². The number of anilines is 1. The average Bonchev–Trinajstić information content (AvgIpc) is 2.69. The van der Waals surface area contributed by atoms with E-state index in [9.17, 15) is 0 Å². The van der Waals surface area contributed by atoms with E-state index in [4.69, 9.17) is 17.0 Å². The molecule has 5 heteroatoms. The fourth-order valence-electron chi connectivity index (χ4n) is 2.56. The fourth-order valence-corrected chi connectivity index (χ4v) is 2.73. The van der Waals surface area contributed by atoms with Gasteiger partial charge in [0.25, 0.3) is 0 Å². The van der Waals surface area contributed by atoms with Crippen LogP contribution in [-0.2, 0) is 0 Å². The minimum atomic E-state index is 0.435. The Morgan fingerprint density at radius 3 is 2.36 bits per heavy atom. The molecule has 0 fully saturated rings. The Bertz CT molecular complexity index is 938. The predicted octanol–water partition coefficient (Wildman–Crippen LogP) is 5.92. The molecule has 4 nitrogen and oxygen atoms in total. The number of ether oxygens (including phenoxy) is 1. The van der Waals surface area contributed by atoms with Gasteiger partial charge in [-0.15, -0.1) is 0 Å². The minimum absolute atomic E-state index is 0.435. The van der Waals surface area contributed by atoms with Gasteiger partial charge in [0.15, 0.2) is 5.11 Å². The second-order valence-corrected chi connectivity index (χ2v) is 7.00. The van der Waals surface area contributed by atoms with Gasteiger partial charge in [-0.25, -0.2) is 0 Å². The molecule has 0 heterocycles. The summed E-state index contributed by atoms with van der Waals surface area (Å²) in [5.41, 5.74) is 5.96. The number of hydrogen-bond donors (Lipinski definition) is 2. The number of nitrogens with one attached hydrogen (secondary N) is 2. The largest absolute Gasteiger partial charge is 0.457 e. The summed E-state index contributed by atoms with van der Waals surface area (Å²) in [6, 6.07) is 25.6. The molecule has 3 aromatic rings. The normalized spacial score (nSPS) is 10.8. The van der Waals surface area contributed by atoms with Gasteiger partial charge in [0, 0.05) is 5.69 Å². The molecule has 0 amide bonds. The summed E-state index contributed by atoms with van der Waals surface area (Å²) in [7, 11) is 0.